The smallest absolute Gasteiger partial charge is 0.251 e. The SMILES string of the molecule is CCOc1ccc(NC(=O)CNC(=O)c2ccc(Cl)c(S(=O)(=O)NC(C)(C)C)c2)cc1. The van der Waals surface area contributed by atoms with Gasteiger partial charge in [0, 0.05) is 16.8 Å². The average Bonchev–Trinajstić information content (AvgIpc) is 2.66. The van der Waals surface area contributed by atoms with E-state index in [2.05, 4.69) is 15.4 Å². The van der Waals surface area contributed by atoms with Crippen LogP contribution in [0.15, 0.2) is 47.4 Å². The predicted molar refractivity (Wildman–Crippen MR) is 120 cm³/mol. The molecule has 2 amide bonds. The molecule has 0 fully saturated rings. The Kier molecular flexibility index (Phi) is 8.05. The lowest BCUT2D eigenvalue weighted by Gasteiger charge is -2.21. The van der Waals surface area contributed by atoms with Gasteiger partial charge < -0.3 is 15.4 Å². The van der Waals surface area contributed by atoms with Gasteiger partial charge in [-0.1, -0.05) is 11.6 Å². The van der Waals surface area contributed by atoms with Gasteiger partial charge in [0.1, 0.15) is 10.6 Å². The Bertz CT molecular complexity index is 1050. The van der Waals surface area contributed by atoms with Crippen molar-refractivity contribution in [3.8, 4) is 5.75 Å². The highest BCUT2D eigenvalue weighted by atomic mass is 35.5. The molecule has 0 radical (unpaired) electrons. The highest BCUT2D eigenvalue weighted by molar-refractivity contribution is 7.89. The van der Waals surface area contributed by atoms with Crippen LogP contribution in [0.5, 0.6) is 5.75 Å². The van der Waals surface area contributed by atoms with Gasteiger partial charge in [0.25, 0.3) is 5.91 Å². The number of sulfonamides is 1. The summed E-state index contributed by atoms with van der Waals surface area (Å²) in [7, 11) is -3.94. The molecule has 0 aliphatic carbocycles. The number of ether oxygens (including phenoxy) is 1. The van der Waals surface area contributed by atoms with Crippen molar-refractivity contribution in [3.05, 3.63) is 53.1 Å². The Hall–Kier alpha value is -2.62. The fourth-order valence-corrected chi connectivity index (χ4v) is 4.52. The third-order valence-electron chi connectivity index (χ3n) is 3.78. The van der Waals surface area contributed by atoms with Crippen molar-refractivity contribution in [1.29, 1.82) is 0 Å². The Balaban J connectivity index is 2.03. The molecule has 2 rings (SSSR count). The number of hydrogen-bond donors (Lipinski definition) is 3. The molecule has 0 aromatic heterocycles. The van der Waals surface area contributed by atoms with Crippen molar-refractivity contribution in [3.63, 3.8) is 0 Å². The van der Waals surface area contributed by atoms with E-state index in [1.165, 1.54) is 18.2 Å². The van der Waals surface area contributed by atoms with Crippen LogP contribution in [0.4, 0.5) is 5.69 Å². The molecule has 0 unspecified atom stereocenters. The van der Waals surface area contributed by atoms with Gasteiger partial charge in [-0.3, -0.25) is 9.59 Å². The van der Waals surface area contributed by atoms with Crippen LogP contribution in [0.25, 0.3) is 0 Å². The largest absolute Gasteiger partial charge is 0.494 e. The van der Waals surface area contributed by atoms with E-state index in [4.69, 9.17) is 16.3 Å². The van der Waals surface area contributed by atoms with Crippen LogP contribution in [-0.4, -0.2) is 38.9 Å². The number of carbonyl (C=O) groups excluding carboxylic acids is 2. The van der Waals surface area contributed by atoms with E-state index in [0.717, 1.165) is 0 Å². The Morgan fingerprint density at radius 1 is 1.06 bits per heavy atom. The maximum Gasteiger partial charge on any atom is 0.251 e. The number of halogens is 1. The van der Waals surface area contributed by atoms with Crippen LogP contribution in [0.2, 0.25) is 5.02 Å². The molecule has 168 valence electrons. The number of anilines is 1. The summed E-state index contributed by atoms with van der Waals surface area (Å²) in [6.07, 6.45) is 0. The summed E-state index contributed by atoms with van der Waals surface area (Å²) in [4.78, 5) is 24.3. The number of nitrogens with one attached hydrogen (secondary N) is 3. The van der Waals surface area contributed by atoms with Crippen LogP contribution in [0.1, 0.15) is 38.1 Å². The second-order valence-electron chi connectivity index (χ2n) is 7.69. The fourth-order valence-electron chi connectivity index (χ4n) is 2.58. The van der Waals surface area contributed by atoms with Crippen molar-refractivity contribution in [1.82, 2.24) is 10.0 Å². The summed E-state index contributed by atoms with van der Waals surface area (Å²) in [5, 5.41) is 5.10. The van der Waals surface area contributed by atoms with Crippen molar-refractivity contribution in [2.24, 2.45) is 0 Å². The van der Waals surface area contributed by atoms with Gasteiger partial charge in [-0.15, -0.1) is 0 Å². The monoisotopic (exact) mass is 467 g/mol. The maximum absolute atomic E-state index is 12.6. The van der Waals surface area contributed by atoms with E-state index in [1.54, 1.807) is 45.0 Å². The minimum Gasteiger partial charge on any atom is -0.494 e. The molecule has 0 bridgehead atoms. The van der Waals surface area contributed by atoms with Crippen molar-refractivity contribution in [2.45, 2.75) is 38.1 Å². The number of benzene rings is 2. The second-order valence-corrected chi connectivity index (χ2v) is 9.75. The summed E-state index contributed by atoms with van der Waals surface area (Å²) in [6, 6.07) is 10.7. The van der Waals surface area contributed by atoms with Crippen molar-refractivity contribution in [2.75, 3.05) is 18.5 Å². The Morgan fingerprint density at radius 2 is 1.71 bits per heavy atom. The molecule has 0 spiro atoms. The van der Waals surface area contributed by atoms with E-state index < -0.39 is 27.4 Å². The first-order chi connectivity index (χ1) is 14.4. The molecule has 2 aromatic carbocycles. The number of hydrogen-bond acceptors (Lipinski definition) is 5. The molecule has 0 saturated carbocycles. The van der Waals surface area contributed by atoms with Crippen LogP contribution in [0, 0.1) is 0 Å². The lowest BCUT2D eigenvalue weighted by atomic mass is 10.1. The maximum atomic E-state index is 12.6. The van der Waals surface area contributed by atoms with E-state index in [0.29, 0.717) is 18.0 Å². The third-order valence-corrected chi connectivity index (χ3v) is 6.02. The zero-order valence-corrected chi connectivity index (χ0v) is 19.4. The lowest BCUT2D eigenvalue weighted by Crippen LogP contribution is -2.40. The summed E-state index contributed by atoms with van der Waals surface area (Å²) < 4.78 is 33.0. The predicted octanol–water partition coefficient (Wildman–Crippen LogP) is 3.18. The molecule has 31 heavy (non-hydrogen) atoms. The summed E-state index contributed by atoms with van der Waals surface area (Å²) in [5.74, 6) is -0.359. The molecule has 0 heterocycles. The van der Waals surface area contributed by atoms with Crippen LogP contribution >= 0.6 is 11.6 Å². The van der Waals surface area contributed by atoms with Gasteiger partial charge in [0.05, 0.1) is 18.2 Å². The quantitative estimate of drug-likeness (QED) is 0.551. The van der Waals surface area contributed by atoms with E-state index in [1.807, 2.05) is 6.92 Å². The van der Waals surface area contributed by atoms with E-state index in [9.17, 15) is 18.0 Å². The van der Waals surface area contributed by atoms with Gasteiger partial charge in [-0.25, -0.2) is 13.1 Å². The summed E-state index contributed by atoms with van der Waals surface area (Å²) in [5.41, 5.74) is -0.109. The van der Waals surface area contributed by atoms with Gasteiger partial charge >= 0.3 is 0 Å². The van der Waals surface area contributed by atoms with Gasteiger partial charge in [0.2, 0.25) is 15.9 Å². The number of amides is 2. The average molecular weight is 468 g/mol. The second kappa shape index (κ2) is 10.1. The summed E-state index contributed by atoms with van der Waals surface area (Å²) >= 11 is 6.04. The Labute approximate surface area is 187 Å². The summed E-state index contributed by atoms with van der Waals surface area (Å²) in [6.45, 7) is 7.20. The third kappa shape index (κ3) is 7.54. The standard InChI is InChI=1S/C21H26ClN3O5S/c1-5-30-16-9-7-15(8-10-16)24-19(26)13-23-20(27)14-6-11-17(22)18(12-14)31(28,29)25-21(2,3)4/h6-12,25H,5,13H2,1-4H3,(H,23,27)(H,24,26). The topological polar surface area (TPSA) is 114 Å². The number of rotatable bonds is 8. The first-order valence-electron chi connectivity index (χ1n) is 9.56. The van der Waals surface area contributed by atoms with Gasteiger partial charge in [-0.2, -0.15) is 0 Å². The molecule has 0 aliphatic rings. The molecule has 10 heteroatoms. The van der Waals surface area contributed by atoms with Crippen molar-refractivity contribution < 1.29 is 22.7 Å². The first-order valence-corrected chi connectivity index (χ1v) is 11.4. The fraction of sp³-hybridized carbons (Fsp3) is 0.333. The van der Waals surface area contributed by atoms with Gasteiger partial charge in [-0.05, 0) is 70.2 Å². The van der Waals surface area contributed by atoms with Crippen LogP contribution < -0.4 is 20.1 Å². The molecular weight excluding hydrogens is 442 g/mol. The van der Waals surface area contributed by atoms with E-state index >= 15 is 0 Å². The first kappa shape index (κ1) is 24.6. The zero-order valence-electron chi connectivity index (χ0n) is 17.8. The van der Waals surface area contributed by atoms with Gasteiger partial charge in [0.15, 0.2) is 0 Å². The molecular formula is C21H26ClN3O5S. The normalized spacial score (nSPS) is 11.6. The highest BCUT2D eigenvalue weighted by Crippen LogP contribution is 2.24. The van der Waals surface area contributed by atoms with Crippen LogP contribution in [-0.2, 0) is 14.8 Å². The molecule has 0 aliphatic heterocycles. The number of carbonyl (C=O) groups is 2. The lowest BCUT2D eigenvalue weighted by molar-refractivity contribution is -0.115. The van der Waals surface area contributed by atoms with Crippen molar-refractivity contribution >= 4 is 39.1 Å². The zero-order chi connectivity index (χ0) is 23.2. The van der Waals surface area contributed by atoms with Crippen LogP contribution in [0.3, 0.4) is 0 Å². The molecule has 8 nitrogen and oxygen atoms in total. The Morgan fingerprint density at radius 3 is 2.29 bits per heavy atom. The minimum absolute atomic E-state index is 0.0125. The molecule has 3 N–H and O–H groups in total. The highest BCUT2D eigenvalue weighted by Gasteiger charge is 2.25. The van der Waals surface area contributed by atoms with E-state index in [-0.39, 0.29) is 22.0 Å². The molecule has 2 aromatic rings. The minimum atomic E-state index is -3.94. The molecule has 0 saturated heterocycles. The molecule has 0 atom stereocenters.